The number of hydrogen-bond acceptors (Lipinski definition) is 6. The Balaban J connectivity index is 3.02. The lowest BCUT2D eigenvalue weighted by Gasteiger charge is -2.15. The molecule has 1 rings (SSSR count). The van der Waals surface area contributed by atoms with Gasteiger partial charge in [0.2, 0.25) is 0 Å². The van der Waals surface area contributed by atoms with Gasteiger partial charge in [-0.1, -0.05) is 0 Å². The minimum atomic E-state index is -1.03. The van der Waals surface area contributed by atoms with Crippen molar-refractivity contribution in [3.05, 3.63) is 31.9 Å². The Morgan fingerprint density at radius 1 is 1.67 bits per heavy atom. The van der Waals surface area contributed by atoms with Crippen molar-refractivity contribution >= 4 is 39.9 Å². The van der Waals surface area contributed by atoms with Gasteiger partial charge < -0.3 is 15.2 Å². The Hall–Kier alpha value is -1.42. The Morgan fingerprint density at radius 3 is 2.83 bits per heavy atom. The molecule has 0 fully saturated rings. The van der Waals surface area contributed by atoms with Gasteiger partial charge in [0.1, 0.15) is 11.7 Å². The molecule has 8 heteroatoms. The van der Waals surface area contributed by atoms with E-state index in [0.717, 1.165) is 0 Å². The summed E-state index contributed by atoms with van der Waals surface area (Å²) in [6.07, 6.45) is 0. The fourth-order valence-electron chi connectivity index (χ4n) is 1.29. The molecular formula is C10H11IN2O5. The lowest BCUT2D eigenvalue weighted by atomic mass is 10.2. The van der Waals surface area contributed by atoms with Gasteiger partial charge in [-0.05, 0) is 34.7 Å². The van der Waals surface area contributed by atoms with Crippen molar-refractivity contribution in [3.63, 3.8) is 0 Å². The van der Waals surface area contributed by atoms with Crippen LogP contribution in [-0.4, -0.2) is 35.8 Å². The van der Waals surface area contributed by atoms with E-state index in [1.807, 2.05) is 22.6 Å². The quantitative estimate of drug-likeness (QED) is 0.351. The van der Waals surface area contributed by atoms with Crippen LogP contribution in [0.4, 0.5) is 11.4 Å². The molecule has 0 aromatic heterocycles. The highest BCUT2D eigenvalue weighted by Gasteiger charge is 2.22. The van der Waals surface area contributed by atoms with E-state index in [2.05, 4.69) is 10.1 Å². The molecule has 0 aliphatic heterocycles. The monoisotopic (exact) mass is 366 g/mol. The summed E-state index contributed by atoms with van der Waals surface area (Å²) in [7, 11) is 1.18. The van der Waals surface area contributed by atoms with Crippen LogP contribution in [0, 0.1) is 13.7 Å². The Morgan fingerprint density at radius 2 is 2.33 bits per heavy atom. The average Bonchev–Trinajstić information content (AvgIpc) is 2.36. The number of methoxy groups -OCH3 is 1. The lowest BCUT2D eigenvalue weighted by Crippen LogP contribution is -2.34. The zero-order valence-electron chi connectivity index (χ0n) is 9.42. The van der Waals surface area contributed by atoms with Crippen LogP contribution in [-0.2, 0) is 9.53 Å². The van der Waals surface area contributed by atoms with Gasteiger partial charge >= 0.3 is 5.97 Å². The second-order valence-electron chi connectivity index (χ2n) is 3.32. The highest BCUT2D eigenvalue weighted by atomic mass is 127. The fourth-order valence-corrected chi connectivity index (χ4v) is 1.76. The summed E-state index contributed by atoms with van der Waals surface area (Å²) < 4.78 is 5.16. The van der Waals surface area contributed by atoms with Gasteiger partial charge in [-0.3, -0.25) is 10.1 Å². The largest absolute Gasteiger partial charge is 0.467 e. The molecule has 0 saturated heterocycles. The number of ether oxygens (including phenoxy) is 1. The zero-order chi connectivity index (χ0) is 13.7. The number of carbonyl (C=O) groups is 1. The number of nitro benzene ring substituents is 1. The standard InChI is InChI=1S/C10H11IN2O5/c1-18-10(15)8(5-14)12-7-3-2-6(11)4-9(7)13(16)17/h2-4,8,12,14H,5H2,1H3. The van der Waals surface area contributed by atoms with E-state index in [-0.39, 0.29) is 11.4 Å². The molecule has 98 valence electrons. The number of nitro groups is 1. The molecule has 1 unspecified atom stereocenters. The molecule has 1 aromatic carbocycles. The molecule has 0 amide bonds. The van der Waals surface area contributed by atoms with E-state index in [1.54, 1.807) is 6.07 Å². The first-order chi connectivity index (χ1) is 8.49. The number of carbonyl (C=O) groups excluding carboxylic acids is 1. The number of nitrogens with one attached hydrogen (secondary N) is 1. The van der Waals surface area contributed by atoms with Crippen molar-refractivity contribution < 1.29 is 19.6 Å². The van der Waals surface area contributed by atoms with E-state index in [0.29, 0.717) is 3.57 Å². The number of esters is 1. The molecule has 1 aromatic rings. The van der Waals surface area contributed by atoms with Gasteiger partial charge in [-0.15, -0.1) is 0 Å². The molecule has 0 bridgehead atoms. The SMILES string of the molecule is COC(=O)C(CO)Nc1ccc(I)cc1[N+](=O)[O-]. The van der Waals surface area contributed by atoms with Crippen molar-refractivity contribution in [1.29, 1.82) is 0 Å². The van der Waals surface area contributed by atoms with Crippen LogP contribution < -0.4 is 5.32 Å². The van der Waals surface area contributed by atoms with Crippen molar-refractivity contribution in [2.75, 3.05) is 19.0 Å². The number of aliphatic hydroxyl groups is 1. The van der Waals surface area contributed by atoms with Gasteiger partial charge in [0.05, 0.1) is 18.6 Å². The Kier molecular flexibility index (Phi) is 5.28. The van der Waals surface area contributed by atoms with Crippen LogP contribution in [0.1, 0.15) is 0 Å². The first-order valence-corrected chi connectivity index (χ1v) is 5.96. The molecular weight excluding hydrogens is 355 g/mol. The number of nitrogens with zero attached hydrogens (tertiary/aromatic N) is 1. The van der Waals surface area contributed by atoms with Crippen LogP contribution in [0.15, 0.2) is 18.2 Å². The smallest absolute Gasteiger partial charge is 0.330 e. The highest BCUT2D eigenvalue weighted by molar-refractivity contribution is 14.1. The van der Waals surface area contributed by atoms with Gasteiger partial charge in [0.15, 0.2) is 0 Å². The highest BCUT2D eigenvalue weighted by Crippen LogP contribution is 2.26. The maximum absolute atomic E-state index is 11.3. The van der Waals surface area contributed by atoms with Crippen LogP contribution in [0.25, 0.3) is 0 Å². The fraction of sp³-hybridized carbons (Fsp3) is 0.300. The predicted molar refractivity (Wildman–Crippen MR) is 72.3 cm³/mol. The topological polar surface area (TPSA) is 102 Å². The molecule has 7 nitrogen and oxygen atoms in total. The Bertz CT molecular complexity index is 466. The molecule has 18 heavy (non-hydrogen) atoms. The summed E-state index contributed by atoms with van der Waals surface area (Å²) in [5.41, 5.74) is -0.00545. The molecule has 0 radical (unpaired) electrons. The van der Waals surface area contributed by atoms with E-state index in [1.165, 1.54) is 19.2 Å². The maximum Gasteiger partial charge on any atom is 0.330 e. The zero-order valence-corrected chi connectivity index (χ0v) is 11.6. The molecule has 2 N–H and O–H groups in total. The van der Waals surface area contributed by atoms with Crippen LogP contribution >= 0.6 is 22.6 Å². The van der Waals surface area contributed by atoms with E-state index >= 15 is 0 Å². The summed E-state index contributed by atoms with van der Waals surface area (Å²) in [5.74, 6) is -0.689. The second kappa shape index (κ2) is 6.50. The first kappa shape index (κ1) is 14.6. The summed E-state index contributed by atoms with van der Waals surface area (Å²) in [5, 5.41) is 22.5. The van der Waals surface area contributed by atoms with Gasteiger partial charge in [-0.25, -0.2) is 4.79 Å². The van der Waals surface area contributed by atoms with Crippen LogP contribution in [0.2, 0.25) is 0 Å². The number of aliphatic hydroxyl groups excluding tert-OH is 1. The summed E-state index contributed by atoms with van der Waals surface area (Å²) in [6, 6.07) is 3.47. The van der Waals surface area contributed by atoms with Crippen molar-refractivity contribution in [2.24, 2.45) is 0 Å². The lowest BCUT2D eigenvalue weighted by molar-refractivity contribution is -0.384. The third kappa shape index (κ3) is 3.53. The van der Waals surface area contributed by atoms with Crippen molar-refractivity contribution in [1.82, 2.24) is 0 Å². The van der Waals surface area contributed by atoms with Gasteiger partial charge in [-0.2, -0.15) is 0 Å². The number of anilines is 1. The minimum absolute atomic E-state index is 0.157. The number of benzene rings is 1. The number of halogens is 1. The molecule has 1 atom stereocenters. The van der Waals surface area contributed by atoms with E-state index < -0.39 is 23.5 Å². The summed E-state index contributed by atoms with van der Waals surface area (Å²) >= 11 is 1.95. The third-order valence-electron chi connectivity index (χ3n) is 2.15. The molecule has 0 spiro atoms. The third-order valence-corrected chi connectivity index (χ3v) is 2.83. The average molecular weight is 366 g/mol. The minimum Gasteiger partial charge on any atom is -0.467 e. The van der Waals surface area contributed by atoms with E-state index in [4.69, 9.17) is 5.11 Å². The van der Waals surface area contributed by atoms with Gasteiger partial charge in [0.25, 0.3) is 5.69 Å². The van der Waals surface area contributed by atoms with Crippen molar-refractivity contribution in [3.8, 4) is 0 Å². The summed E-state index contributed by atoms with van der Waals surface area (Å²) in [4.78, 5) is 21.6. The van der Waals surface area contributed by atoms with Crippen molar-refractivity contribution in [2.45, 2.75) is 6.04 Å². The van der Waals surface area contributed by atoms with Crippen LogP contribution in [0.5, 0.6) is 0 Å². The molecule has 0 aliphatic rings. The predicted octanol–water partition coefficient (Wildman–Crippen LogP) is 1.15. The number of rotatable bonds is 5. The first-order valence-electron chi connectivity index (χ1n) is 4.88. The normalized spacial score (nSPS) is 11.7. The molecule has 0 aliphatic carbocycles. The Labute approximate surface area is 116 Å². The maximum atomic E-state index is 11.3. The molecule has 0 heterocycles. The molecule has 0 saturated carbocycles. The summed E-state index contributed by atoms with van der Waals surface area (Å²) in [6.45, 7) is -0.518. The van der Waals surface area contributed by atoms with Crippen LogP contribution in [0.3, 0.4) is 0 Å². The van der Waals surface area contributed by atoms with E-state index in [9.17, 15) is 14.9 Å². The second-order valence-corrected chi connectivity index (χ2v) is 4.57. The van der Waals surface area contributed by atoms with Gasteiger partial charge in [0, 0.05) is 9.64 Å². The number of hydrogen-bond donors (Lipinski definition) is 2.